The van der Waals surface area contributed by atoms with Gasteiger partial charge in [0.05, 0.1) is 5.60 Å². The molecule has 2 atom stereocenters. The molecule has 2 N–H and O–H groups in total. The SMILES string of the molecule is CCCCCCCC(N)C1CCOC2(CCC2)C1. The van der Waals surface area contributed by atoms with Crippen LogP contribution >= 0.6 is 0 Å². The maximum atomic E-state index is 6.41. The lowest BCUT2D eigenvalue weighted by atomic mass is 9.70. The molecule has 1 aliphatic heterocycles. The number of hydrogen-bond donors (Lipinski definition) is 1. The Kier molecular flexibility index (Phi) is 5.50. The second-order valence-corrected chi connectivity index (χ2v) is 6.50. The molecular formula is C16H31NO. The summed E-state index contributed by atoms with van der Waals surface area (Å²) in [5.74, 6) is 0.727. The van der Waals surface area contributed by atoms with Crippen LogP contribution in [-0.2, 0) is 4.74 Å². The second-order valence-electron chi connectivity index (χ2n) is 6.50. The maximum absolute atomic E-state index is 6.41. The molecule has 2 nitrogen and oxygen atoms in total. The zero-order chi connectivity index (χ0) is 12.8. The highest BCUT2D eigenvalue weighted by Gasteiger charge is 2.43. The standard InChI is InChI=1S/C16H31NO/c1-2-3-4-5-6-8-15(17)14-9-12-18-16(13-14)10-7-11-16/h14-15H,2-13,17H2,1H3. The summed E-state index contributed by atoms with van der Waals surface area (Å²) in [5.41, 5.74) is 6.67. The van der Waals surface area contributed by atoms with Crippen LogP contribution in [0.25, 0.3) is 0 Å². The summed E-state index contributed by atoms with van der Waals surface area (Å²) in [7, 11) is 0. The van der Waals surface area contributed by atoms with Gasteiger partial charge in [0.25, 0.3) is 0 Å². The van der Waals surface area contributed by atoms with Crippen LogP contribution in [0.15, 0.2) is 0 Å². The van der Waals surface area contributed by atoms with Crippen molar-refractivity contribution in [2.45, 2.75) is 89.2 Å². The van der Waals surface area contributed by atoms with E-state index in [1.54, 1.807) is 0 Å². The van der Waals surface area contributed by atoms with Crippen molar-refractivity contribution < 1.29 is 4.74 Å². The van der Waals surface area contributed by atoms with Gasteiger partial charge in [-0.25, -0.2) is 0 Å². The molecule has 0 bridgehead atoms. The topological polar surface area (TPSA) is 35.2 Å². The Morgan fingerprint density at radius 2 is 2.00 bits per heavy atom. The van der Waals surface area contributed by atoms with Gasteiger partial charge in [-0.2, -0.15) is 0 Å². The monoisotopic (exact) mass is 253 g/mol. The molecule has 1 aliphatic carbocycles. The predicted octanol–water partition coefficient (Wildman–Crippen LogP) is 4.02. The lowest BCUT2D eigenvalue weighted by molar-refractivity contribution is -0.146. The molecule has 2 aliphatic rings. The zero-order valence-corrected chi connectivity index (χ0v) is 12.1. The Morgan fingerprint density at radius 3 is 2.67 bits per heavy atom. The molecule has 18 heavy (non-hydrogen) atoms. The number of ether oxygens (including phenoxy) is 1. The van der Waals surface area contributed by atoms with Crippen LogP contribution in [0.4, 0.5) is 0 Å². The van der Waals surface area contributed by atoms with Gasteiger partial charge in [0.1, 0.15) is 0 Å². The largest absolute Gasteiger partial charge is 0.375 e. The summed E-state index contributed by atoms with van der Waals surface area (Å²) in [6.45, 7) is 3.22. The molecule has 1 saturated carbocycles. The van der Waals surface area contributed by atoms with Crippen LogP contribution in [0, 0.1) is 5.92 Å². The first-order valence-corrected chi connectivity index (χ1v) is 8.15. The van der Waals surface area contributed by atoms with Crippen LogP contribution in [0.1, 0.15) is 77.6 Å². The van der Waals surface area contributed by atoms with Gasteiger partial charge in [-0.1, -0.05) is 39.0 Å². The summed E-state index contributed by atoms with van der Waals surface area (Å²) in [4.78, 5) is 0. The van der Waals surface area contributed by atoms with Gasteiger partial charge in [0, 0.05) is 12.6 Å². The average molecular weight is 253 g/mol. The van der Waals surface area contributed by atoms with Gasteiger partial charge in [0.2, 0.25) is 0 Å². The van der Waals surface area contributed by atoms with E-state index >= 15 is 0 Å². The molecule has 0 aromatic rings. The molecule has 2 heteroatoms. The van der Waals surface area contributed by atoms with E-state index in [2.05, 4.69) is 6.92 Å². The number of hydrogen-bond acceptors (Lipinski definition) is 2. The Bertz CT molecular complexity index is 237. The third-order valence-electron chi connectivity index (χ3n) is 5.04. The van der Waals surface area contributed by atoms with E-state index in [9.17, 15) is 0 Å². The molecule has 2 rings (SSSR count). The predicted molar refractivity (Wildman–Crippen MR) is 76.6 cm³/mol. The minimum absolute atomic E-state index is 0.267. The van der Waals surface area contributed by atoms with Gasteiger partial charge in [-0.05, 0) is 44.4 Å². The third-order valence-corrected chi connectivity index (χ3v) is 5.04. The number of rotatable bonds is 7. The average Bonchev–Trinajstić information content (AvgIpc) is 2.36. The summed E-state index contributed by atoms with van der Waals surface area (Å²) in [6, 6.07) is 0.424. The highest BCUT2D eigenvalue weighted by Crippen LogP contribution is 2.45. The van der Waals surface area contributed by atoms with Gasteiger partial charge in [-0.15, -0.1) is 0 Å². The van der Waals surface area contributed by atoms with E-state index in [0.717, 1.165) is 12.5 Å². The first-order chi connectivity index (χ1) is 8.76. The maximum Gasteiger partial charge on any atom is 0.0685 e. The second kappa shape index (κ2) is 6.91. The first-order valence-electron chi connectivity index (χ1n) is 8.15. The van der Waals surface area contributed by atoms with Crippen LogP contribution < -0.4 is 5.73 Å². The fraction of sp³-hybridized carbons (Fsp3) is 1.00. The zero-order valence-electron chi connectivity index (χ0n) is 12.1. The summed E-state index contributed by atoms with van der Waals surface area (Å²) in [6.07, 6.45) is 14.4. The van der Waals surface area contributed by atoms with Gasteiger partial charge < -0.3 is 10.5 Å². The Morgan fingerprint density at radius 1 is 1.22 bits per heavy atom. The molecule has 1 spiro atoms. The number of unbranched alkanes of at least 4 members (excludes halogenated alkanes) is 4. The minimum Gasteiger partial charge on any atom is -0.375 e. The normalized spacial score (nSPS) is 28.0. The van der Waals surface area contributed by atoms with Crippen molar-refractivity contribution in [2.75, 3.05) is 6.61 Å². The van der Waals surface area contributed by atoms with E-state index in [0.29, 0.717) is 6.04 Å². The smallest absolute Gasteiger partial charge is 0.0685 e. The molecule has 0 amide bonds. The van der Waals surface area contributed by atoms with Crippen LogP contribution in [-0.4, -0.2) is 18.2 Å². The van der Waals surface area contributed by atoms with Crippen LogP contribution in [0.3, 0.4) is 0 Å². The third kappa shape index (κ3) is 3.71. The molecule has 0 aromatic carbocycles. The lowest BCUT2D eigenvalue weighted by Crippen LogP contribution is -2.49. The van der Waals surface area contributed by atoms with E-state index in [1.807, 2.05) is 0 Å². The lowest BCUT2D eigenvalue weighted by Gasteiger charge is -2.48. The van der Waals surface area contributed by atoms with E-state index in [4.69, 9.17) is 10.5 Å². The van der Waals surface area contributed by atoms with Crippen molar-refractivity contribution in [2.24, 2.45) is 11.7 Å². The van der Waals surface area contributed by atoms with Crippen LogP contribution in [0.5, 0.6) is 0 Å². The van der Waals surface area contributed by atoms with Crippen molar-refractivity contribution in [1.29, 1.82) is 0 Å². The van der Waals surface area contributed by atoms with E-state index in [1.165, 1.54) is 70.6 Å². The van der Waals surface area contributed by atoms with E-state index in [-0.39, 0.29) is 5.60 Å². The fourth-order valence-electron chi connectivity index (χ4n) is 3.57. The van der Waals surface area contributed by atoms with Crippen LogP contribution in [0.2, 0.25) is 0 Å². The first kappa shape index (κ1) is 14.3. The van der Waals surface area contributed by atoms with Crippen molar-refractivity contribution >= 4 is 0 Å². The quantitative estimate of drug-likeness (QED) is 0.695. The van der Waals surface area contributed by atoms with Crippen molar-refractivity contribution in [3.05, 3.63) is 0 Å². The molecule has 1 heterocycles. The molecule has 0 aromatic heterocycles. The Labute approximate surface area is 113 Å². The van der Waals surface area contributed by atoms with Gasteiger partial charge in [0.15, 0.2) is 0 Å². The van der Waals surface area contributed by atoms with E-state index < -0.39 is 0 Å². The van der Waals surface area contributed by atoms with Crippen molar-refractivity contribution in [3.63, 3.8) is 0 Å². The molecule has 2 fully saturated rings. The van der Waals surface area contributed by atoms with Gasteiger partial charge >= 0.3 is 0 Å². The molecule has 106 valence electrons. The Hall–Kier alpha value is -0.0800. The van der Waals surface area contributed by atoms with Gasteiger partial charge in [-0.3, -0.25) is 0 Å². The summed E-state index contributed by atoms with van der Waals surface area (Å²) >= 11 is 0. The highest BCUT2D eigenvalue weighted by atomic mass is 16.5. The summed E-state index contributed by atoms with van der Waals surface area (Å²) < 4.78 is 5.98. The summed E-state index contributed by atoms with van der Waals surface area (Å²) in [5, 5.41) is 0. The highest BCUT2D eigenvalue weighted by molar-refractivity contribution is 4.96. The van der Waals surface area contributed by atoms with Crippen molar-refractivity contribution in [3.8, 4) is 0 Å². The fourth-order valence-corrected chi connectivity index (χ4v) is 3.57. The number of nitrogens with two attached hydrogens (primary N) is 1. The minimum atomic E-state index is 0.267. The molecule has 0 radical (unpaired) electrons. The molecule has 1 saturated heterocycles. The molecular weight excluding hydrogens is 222 g/mol. The Balaban J connectivity index is 1.63. The molecule has 2 unspecified atom stereocenters. The van der Waals surface area contributed by atoms with Crippen molar-refractivity contribution in [1.82, 2.24) is 0 Å².